The van der Waals surface area contributed by atoms with E-state index in [-0.39, 0.29) is 18.0 Å². The number of nitrogens with zero attached hydrogens (tertiary/aromatic N) is 2. The van der Waals surface area contributed by atoms with Crippen molar-refractivity contribution in [2.24, 2.45) is 0 Å². The van der Waals surface area contributed by atoms with Crippen LogP contribution in [0.3, 0.4) is 0 Å². The van der Waals surface area contributed by atoms with Gasteiger partial charge < -0.3 is 10.2 Å². The highest BCUT2D eigenvalue weighted by Crippen LogP contribution is 2.19. The SMILES string of the molecule is O=C(CN1C=CC=C/C1=C1\C=CC=CN1)c1ccc([N+](=O)[O-])cc1. The maximum atomic E-state index is 12.5. The van der Waals surface area contributed by atoms with E-state index in [9.17, 15) is 14.9 Å². The minimum absolute atomic E-state index is 0.0292. The lowest BCUT2D eigenvalue weighted by molar-refractivity contribution is -0.384. The van der Waals surface area contributed by atoms with Crippen LogP contribution >= 0.6 is 0 Å². The summed E-state index contributed by atoms with van der Waals surface area (Å²) in [4.78, 5) is 24.5. The molecule has 3 rings (SSSR count). The average molecular weight is 321 g/mol. The Morgan fingerprint density at radius 1 is 1.08 bits per heavy atom. The van der Waals surface area contributed by atoms with Crippen molar-refractivity contribution in [2.45, 2.75) is 0 Å². The van der Waals surface area contributed by atoms with E-state index in [0.29, 0.717) is 5.56 Å². The fraction of sp³-hybridized carbons (Fsp3) is 0.0556. The number of hydrogen-bond acceptors (Lipinski definition) is 5. The van der Waals surface area contributed by atoms with Crippen LogP contribution < -0.4 is 5.32 Å². The molecule has 6 nitrogen and oxygen atoms in total. The summed E-state index contributed by atoms with van der Waals surface area (Å²) in [5.41, 5.74) is 2.20. The highest BCUT2D eigenvalue weighted by molar-refractivity contribution is 5.98. The molecule has 6 heteroatoms. The van der Waals surface area contributed by atoms with Gasteiger partial charge in [-0.15, -0.1) is 0 Å². The molecule has 120 valence electrons. The Hall–Kier alpha value is -3.41. The number of carbonyl (C=O) groups excluding carboxylic acids is 1. The lowest BCUT2D eigenvalue weighted by atomic mass is 10.1. The van der Waals surface area contributed by atoms with Crippen LogP contribution in [0.5, 0.6) is 0 Å². The monoisotopic (exact) mass is 321 g/mol. The van der Waals surface area contributed by atoms with Crippen LogP contribution in [-0.4, -0.2) is 22.2 Å². The topological polar surface area (TPSA) is 75.5 Å². The Kier molecular flexibility index (Phi) is 4.38. The van der Waals surface area contributed by atoms with Gasteiger partial charge in [-0.2, -0.15) is 0 Å². The van der Waals surface area contributed by atoms with Crippen molar-refractivity contribution < 1.29 is 9.72 Å². The molecular weight excluding hydrogens is 306 g/mol. The van der Waals surface area contributed by atoms with Gasteiger partial charge in [0.05, 0.1) is 22.9 Å². The Morgan fingerprint density at radius 2 is 1.83 bits per heavy atom. The van der Waals surface area contributed by atoms with Crippen molar-refractivity contribution in [2.75, 3.05) is 6.54 Å². The van der Waals surface area contributed by atoms with Gasteiger partial charge in [0.2, 0.25) is 0 Å². The Morgan fingerprint density at radius 3 is 2.50 bits per heavy atom. The number of nitro groups is 1. The number of nitrogens with one attached hydrogen (secondary N) is 1. The molecule has 0 unspecified atom stereocenters. The molecule has 2 aliphatic heterocycles. The summed E-state index contributed by atoms with van der Waals surface area (Å²) < 4.78 is 0. The molecule has 0 aliphatic carbocycles. The van der Waals surface area contributed by atoms with Crippen molar-refractivity contribution in [1.29, 1.82) is 0 Å². The van der Waals surface area contributed by atoms with Crippen LogP contribution in [0.4, 0.5) is 5.69 Å². The van der Waals surface area contributed by atoms with Crippen molar-refractivity contribution in [3.8, 4) is 0 Å². The third-order valence-electron chi connectivity index (χ3n) is 3.64. The van der Waals surface area contributed by atoms with Crippen LogP contribution in [0.15, 0.2) is 84.5 Å². The molecule has 0 bridgehead atoms. The minimum atomic E-state index is -0.483. The number of carbonyl (C=O) groups is 1. The number of hydrogen-bond donors (Lipinski definition) is 1. The van der Waals surface area contributed by atoms with Gasteiger partial charge >= 0.3 is 0 Å². The Bertz CT molecular complexity index is 814. The van der Waals surface area contributed by atoms with E-state index in [2.05, 4.69) is 5.32 Å². The van der Waals surface area contributed by atoms with Gasteiger partial charge in [0.1, 0.15) is 0 Å². The van der Waals surface area contributed by atoms with Gasteiger partial charge in [-0.05, 0) is 36.4 Å². The second-order valence-electron chi connectivity index (χ2n) is 5.22. The fourth-order valence-electron chi connectivity index (χ4n) is 2.43. The largest absolute Gasteiger partial charge is 0.360 e. The van der Waals surface area contributed by atoms with Crippen molar-refractivity contribution in [1.82, 2.24) is 10.2 Å². The maximum absolute atomic E-state index is 12.5. The van der Waals surface area contributed by atoms with E-state index in [4.69, 9.17) is 0 Å². The molecule has 0 fully saturated rings. The lowest BCUT2D eigenvalue weighted by Gasteiger charge is -2.25. The molecule has 1 N–H and O–H groups in total. The average Bonchev–Trinajstić information content (AvgIpc) is 2.63. The summed E-state index contributed by atoms with van der Waals surface area (Å²) in [7, 11) is 0. The predicted molar refractivity (Wildman–Crippen MR) is 90.9 cm³/mol. The Balaban J connectivity index is 1.78. The zero-order valence-corrected chi connectivity index (χ0v) is 12.8. The van der Waals surface area contributed by atoms with Gasteiger partial charge in [0, 0.05) is 30.1 Å². The number of Topliss-reactive ketones (excluding diaryl/α,β-unsaturated/α-hetero) is 1. The highest BCUT2D eigenvalue weighted by Gasteiger charge is 2.17. The highest BCUT2D eigenvalue weighted by atomic mass is 16.6. The van der Waals surface area contributed by atoms with Crippen LogP contribution in [0.1, 0.15) is 10.4 Å². The van der Waals surface area contributed by atoms with Crippen LogP contribution in [0, 0.1) is 10.1 Å². The second-order valence-corrected chi connectivity index (χ2v) is 5.22. The van der Waals surface area contributed by atoms with Crippen molar-refractivity contribution in [3.63, 3.8) is 0 Å². The molecule has 0 radical (unpaired) electrons. The molecule has 24 heavy (non-hydrogen) atoms. The van der Waals surface area contributed by atoms with Crippen molar-refractivity contribution in [3.05, 3.63) is 100 Å². The fourth-order valence-corrected chi connectivity index (χ4v) is 2.43. The number of non-ortho nitro benzene ring substituents is 1. The molecule has 0 saturated carbocycles. The van der Waals surface area contributed by atoms with E-state index in [0.717, 1.165) is 11.4 Å². The van der Waals surface area contributed by atoms with Crippen LogP contribution in [0.25, 0.3) is 0 Å². The van der Waals surface area contributed by atoms with Gasteiger partial charge in [-0.25, -0.2) is 0 Å². The molecule has 2 heterocycles. The third kappa shape index (κ3) is 3.33. The van der Waals surface area contributed by atoms with Gasteiger partial charge in [0.25, 0.3) is 5.69 Å². The number of dihydropyridines is 1. The molecule has 0 amide bonds. The number of nitro benzene ring substituents is 1. The summed E-state index contributed by atoms with van der Waals surface area (Å²) >= 11 is 0. The number of ketones is 1. The van der Waals surface area contributed by atoms with Crippen LogP contribution in [0.2, 0.25) is 0 Å². The first kappa shape index (κ1) is 15.5. The summed E-state index contributed by atoms with van der Waals surface area (Å²) in [5.74, 6) is -0.113. The second kappa shape index (κ2) is 6.78. The van der Waals surface area contributed by atoms with Crippen LogP contribution in [-0.2, 0) is 0 Å². The first-order chi connectivity index (χ1) is 11.6. The van der Waals surface area contributed by atoms with Gasteiger partial charge in [-0.1, -0.05) is 12.2 Å². The van der Waals surface area contributed by atoms with E-state index < -0.39 is 4.92 Å². The molecule has 0 atom stereocenters. The standard InChI is InChI=1S/C18H15N3O3/c22-18(14-7-9-15(10-8-14)21(23)24)13-20-12-4-2-6-17(20)16-5-1-3-11-19-16/h1-12,19H,13H2/b17-16-. The molecule has 2 aliphatic rings. The van der Waals surface area contributed by atoms with E-state index >= 15 is 0 Å². The predicted octanol–water partition coefficient (Wildman–Crippen LogP) is 3.05. The molecule has 1 aromatic rings. The molecular formula is C18H15N3O3. The minimum Gasteiger partial charge on any atom is -0.360 e. The first-order valence-corrected chi connectivity index (χ1v) is 7.38. The maximum Gasteiger partial charge on any atom is 0.269 e. The van der Waals surface area contributed by atoms with E-state index in [1.54, 1.807) is 0 Å². The first-order valence-electron chi connectivity index (χ1n) is 7.38. The number of benzene rings is 1. The van der Waals surface area contributed by atoms with Gasteiger partial charge in [0.15, 0.2) is 5.78 Å². The van der Waals surface area contributed by atoms with E-state index in [1.165, 1.54) is 24.3 Å². The molecule has 0 saturated heterocycles. The third-order valence-corrected chi connectivity index (χ3v) is 3.64. The van der Waals surface area contributed by atoms with Crippen molar-refractivity contribution >= 4 is 11.5 Å². The lowest BCUT2D eigenvalue weighted by Crippen LogP contribution is -2.28. The smallest absolute Gasteiger partial charge is 0.269 e. The Labute approximate surface area is 138 Å². The summed E-state index contributed by atoms with van der Waals surface area (Å²) in [6.07, 6.45) is 15.1. The zero-order valence-electron chi connectivity index (χ0n) is 12.8. The molecule has 1 aromatic carbocycles. The quantitative estimate of drug-likeness (QED) is 0.524. The summed E-state index contributed by atoms with van der Waals surface area (Å²) in [6.45, 7) is 0.150. The van der Waals surface area contributed by atoms with Gasteiger partial charge in [-0.3, -0.25) is 14.9 Å². The zero-order chi connectivity index (χ0) is 16.9. The number of allylic oxidation sites excluding steroid dienone is 6. The number of rotatable bonds is 4. The molecule has 0 spiro atoms. The molecule has 0 aromatic heterocycles. The summed E-state index contributed by atoms with van der Waals surface area (Å²) in [6, 6.07) is 5.65. The van der Waals surface area contributed by atoms with E-state index in [1.807, 2.05) is 53.8 Å². The summed E-state index contributed by atoms with van der Waals surface area (Å²) in [5, 5.41) is 13.8. The normalized spacial score (nSPS) is 18.6.